The van der Waals surface area contributed by atoms with E-state index in [-0.39, 0.29) is 22.9 Å². The van der Waals surface area contributed by atoms with Gasteiger partial charge in [0.25, 0.3) is 0 Å². The number of likely N-dealkylation sites (N-methyl/N-ethyl adjacent to an activating group) is 1. The Hall–Kier alpha value is -2.38. The Morgan fingerprint density at radius 1 is 1.11 bits per heavy atom. The third kappa shape index (κ3) is 7.32. The number of carbonyl (C=O) groups excluding carboxylic acids is 1. The summed E-state index contributed by atoms with van der Waals surface area (Å²) in [7, 11) is 0.178. The fourth-order valence-electron chi connectivity index (χ4n) is 4.02. The summed E-state index contributed by atoms with van der Waals surface area (Å²) in [4.78, 5) is 25.8. The number of carbonyl (C=O) groups is 2. The van der Waals surface area contributed by atoms with Crippen molar-refractivity contribution < 1.29 is 41.0 Å². The smallest absolute Gasteiger partial charge is 0.487 e. The molecule has 2 heterocycles. The molecule has 0 saturated carbocycles. The number of sulfonamides is 1. The quantitative estimate of drug-likeness (QED) is 0.632. The molecule has 2 aliphatic heterocycles. The Balaban J connectivity index is 0.000000572. The van der Waals surface area contributed by atoms with E-state index in [1.807, 2.05) is 44.7 Å². The Morgan fingerprint density at radius 3 is 2.19 bits per heavy atom. The minimum Gasteiger partial charge on any atom is -0.487 e. The molecule has 1 aromatic carbocycles. The van der Waals surface area contributed by atoms with Crippen LogP contribution >= 0.6 is 0 Å². The molecule has 0 radical (unpaired) electrons. The van der Waals surface area contributed by atoms with E-state index in [0.29, 0.717) is 44.8 Å². The molecule has 1 fully saturated rings. The number of carboxylic acids is 1. The largest absolute Gasteiger partial charge is 0.490 e. The number of fused-ring (bicyclic) bond motifs is 2. The number of hydrogen-bond acceptors (Lipinski definition) is 6. The average molecular weight is 538 g/mol. The highest BCUT2D eigenvalue weighted by Crippen LogP contribution is 2.36. The Labute approximate surface area is 209 Å². The van der Waals surface area contributed by atoms with E-state index in [1.165, 1.54) is 0 Å². The molecule has 3 rings (SSSR count). The number of alkyl halides is 3. The maximum Gasteiger partial charge on any atom is 0.490 e. The van der Waals surface area contributed by atoms with E-state index in [4.69, 9.17) is 14.6 Å². The number of hydrogen-bond donors (Lipinski definition) is 1. The van der Waals surface area contributed by atoms with Gasteiger partial charge in [-0.1, -0.05) is 32.9 Å². The van der Waals surface area contributed by atoms with Crippen LogP contribution in [0.1, 0.15) is 33.6 Å². The topological polar surface area (TPSA) is 107 Å². The molecule has 0 aliphatic carbocycles. The SMILES string of the molecule is CN(C)CCN1[C@H]2CCN(C(=O)C(C)(C)C)CC[C@@H]2Oc2ccccc2S1(=O)=O.O=C(O)C(F)(F)F. The number of ether oxygens (including phenoxy) is 1. The van der Waals surface area contributed by atoms with Gasteiger partial charge in [0.2, 0.25) is 15.9 Å². The molecular formula is C23H34F3N3O6S. The zero-order chi connectivity index (χ0) is 27.5. The zero-order valence-electron chi connectivity index (χ0n) is 21.1. The van der Waals surface area contributed by atoms with Gasteiger partial charge >= 0.3 is 12.1 Å². The fraction of sp³-hybridized carbons (Fsp3) is 0.652. The summed E-state index contributed by atoms with van der Waals surface area (Å²) in [5.41, 5.74) is -0.462. The lowest BCUT2D eigenvalue weighted by atomic mass is 9.94. The molecule has 1 saturated heterocycles. The number of halogens is 3. The van der Waals surface area contributed by atoms with Gasteiger partial charge in [-0.3, -0.25) is 4.79 Å². The van der Waals surface area contributed by atoms with Crippen molar-refractivity contribution in [2.45, 2.75) is 56.8 Å². The van der Waals surface area contributed by atoms with Gasteiger partial charge in [0, 0.05) is 38.0 Å². The van der Waals surface area contributed by atoms with Crippen LogP contribution in [0.2, 0.25) is 0 Å². The number of nitrogens with zero attached hydrogens (tertiary/aromatic N) is 3. The van der Waals surface area contributed by atoms with E-state index < -0.39 is 27.6 Å². The Bertz CT molecular complexity index is 1040. The van der Waals surface area contributed by atoms with Gasteiger partial charge in [-0.2, -0.15) is 17.5 Å². The van der Waals surface area contributed by atoms with Crippen LogP contribution in [0.3, 0.4) is 0 Å². The summed E-state index contributed by atoms with van der Waals surface area (Å²) in [5.74, 6) is -2.25. The summed E-state index contributed by atoms with van der Waals surface area (Å²) in [5, 5.41) is 7.12. The first-order chi connectivity index (χ1) is 16.5. The molecule has 2 atom stereocenters. The minimum atomic E-state index is -5.08. The van der Waals surface area contributed by atoms with Gasteiger partial charge in [0.05, 0.1) is 6.04 Å². The lowest BCUT2D eigenvalue weighted by molar-refractivity contribution is -0.192. The summed E-state index contributed by atoms with van der Waals surface area (Å²) < 4.78 is 66.6. The number of amides is 1. The van der Waals surface area contributed by atoms with Crippen LogP contribution < -0.4 is 4.74 Å². The number of rotatable bonds is 3. The molecular weight excluding hydrogens is 503 g/mol. The van der Waals surface area contributed by atoms with Gasteiger partial charge in [-0.15, -0.1) is 0 Å². The lowest BCUT2D eigenvalue weighted by Crippen LogP contribution is -2.49. The first-order valence-electron chi connectivity index (χ1n) is 11.5. The monoisotopic (exact) mass is 537 g/mol. The van der Waals surface area contributed by atoms with E-state index in [9.17, 15) is 26.4 Å². The molecule has 36 heavy (non-hydrogen) atoms. The van der Waals surface area contributed by atoms with Crippen molar-refractivity contribution in [3.8, 4) is 5.75 Å². The molecule has 0 aromatic heterocycles. The summed E-state index contributed by atoms with van der Waals surface area (Å²) in [6.45, 7) is 7.86. The van der Waals surface area contributed by atoms with Gasteiger partial charge in [-0.05, 0) is 32.6 Å². The first-order valence-corrected chi connectivity index (χ1v) is 12.9. The maximum absolute atomic E-state index is 13.5. The third-order valence-corrected chi connectivity index (χ3v) is 7.79. The normalized spacial score (nSPS) is 22.2. The van der Waals surface area contributed by atoms with Gasteiger partial charge in [-0.25, -0.2) is 13.2 Å². The molecule has 1 N–H and O–H groups in total. The Morgan fingerprint density at radius 2 is 1.67 bits per heavy atom. The molecule has 2 aliphatic rings. The third-order valence-electron chi connectivity index (χ3n) is 5.83. The Kier molecular flexibility index (Phi) is 9.41. The van der Waals surface area contributed by atoms with Crippen LogP contribution in [-0.2, 0) is 19.6 Å². The summed E-state index contributed by atoms with van der Waals surface area (Å²) in [6, 6.07) is 6.57. The molecule has 9 nitrogen and oxygen atoms in total. The predicted molar refractivity (Wildman–Crippen MR) is 126 cm³/mol. The fourth-order valence-corrected chi connectivity index (χ4v) is 5.81. The zero-order valence-corrected chi connectivity index (χ0v) is 21.9. The van der Waals surface area contributed by atoms with Gasteiger partial charge in [0.1, 0.15) is 16.7 Å². The van der Waals surface area contributed by atoms with Crippen molar-refractivity contribution in [3.63, 3.8) is 0 Å². The van der Waals surface area contributed by atoms with Crippen LogP contribution in [-0.4, -0.2) is 98.1 Å². The van der Waals surface area contributed by atoms with Gasteiger partial charge in [0.15, 0.2) is 0 Å². The molecule has 0 spiro atoms. The van der Waals surface area contributed by atoms with Crippen LogP contribution in [0, 0.1) is 5.41 Å². The van der Waals surface area contributed by atoms with Crippen LogP contribution in [0.4, 0.5) is 13.2 Å². The lowest BCUT2D eigenvalue weighted by Gasteiger charge is -2.32. The molecule has 0 bridgehead atoms. The van der Waals surface area contributed by atoms with Crippen molar-refractivity contribution in [1.29, 1.82) is 0 Å². The molecule has 1 amide bonds. The van der Waals surface area contributed by atoms with Crippen molar-refractivity contribution in [1.82, 2.24) is 14.1 Å². The standard InChI is InChI=1S/C21H33N3O4S.C2HF3O2/c1-21(2,3)20(25)23-12-10-16-17(11-13-23)28-18-8-6-7-9-19(18)29(26,27)24(16)15-14-22(4)5;3-2(4,5)1(6)7/h6-9,16-17H,10-15H2,1-5H3;(H,6,7)/t16-,17-;/m0./s1. The van der Waals surface area contributed by atoms with E-state index >= 15 is 0 Å². The number of benzene rings is 1. The van der Waals surface area contributed by atoms with E-state index in [1.54, 1.807) is 28.6 Å². The number of likely N-dealkylation sites (tertiary alicyclic amines) is 1. The van der Waals surface area contributed by atoms with E-state index in [2.05, 4.69) is 0 Å². The van der Waals surface area contributed by atoms with Crippen LogP contribution in [0.25, 0.3) is 0 Å². The number of aliphatic carboxylic acids is 1. The highest BCUT2D eigenvalue weighted by atomic mass is 32.2. The van der Waals surface area contributed by atoms with Crippen LogP contribution in [0.5, 0.6) is 5.75 Å². The second-order valence-electron chi connectivity index (χ2n) is 10.0. The van der Waals surface area contributed by atoms with Crippen molar-refractivity contribution in [2.75, 3.05) is 40.3 Å². The predicted octanol–water partition coefficient (Wildman–Crippen LogP) is 2.67. The highest BCUT2D eigenvalue weighted by molar-refractivity contribution is 7.89. The maximum atomic E-state index is 13.5. The summed E-state index contributed by atoms with van der Waals surface area (Å²) in [6.07, 6.45) is -4.20. The summed E-state index contributed by atoms with van der Waals surface area (Å²) >= 11 is 0. The molecule has 204 valence electrons. The minimum absolute atomic E-state index is 0.0945. The molecule has 1 aromatic rings. The van der Waals surface area contributed by atoms with Crippen molar-refractivity contribution in [3.05, 3.63) is 24.3 Å². The second-order valence-corrected chi connectivity index (χ2v) is 11.9. The van der Waals surface area contributed by atoms with Crippen molar-refractivity contribution in [2.24, 2.45) is 5.41 Å². The number of carboxylic acid groups (broad SMARTS) is 1. The van der Waals surface area contributed by atoms with Gasteiger partial charge < -0.3 is 19.6 Å². The molecule has 0 unspecified atom stereocenters. The second kappa shape index (κ2) is 11.3. The van der Waals surface area contributed by atoms with Crippen molar-refractivity contribution >= 4 is 21.9 Å². The first kappa shape index (κ1) is 29.8. The van der Waals surface area contributed by atoms with E-state index in [0.717, 1.165) is 0 Å². The molecule has 13 heteroatoms. The average Bonchev–Trinajstić information content (AvgIpc) is 2.99. The highest BCUT2D eigenvalue weighted by Gasteiger charge is 2.44. The number of para-hydroxylation sites is 1. The van der Waals surface area contributed by atoms with Crippen LogP contribution in [0.15, 0.2) is 29.2 Å².